The summed E-state index contributed by atoms with van der Waals surface area (Å²) in [6.45, 7) is 0. The number of aromatic amines is 1. The number of aromatic nitrogens is 3. The quantitative estimate of drug-likeness (QED) is 0.651. The van der Waals surface area contributed by atoms with Crippen molar-refractivity contribution in [2.75, 3.05) is 10.0 Å². The van der Waals surface area contributed by atoms with E-state index < -0.39 is 10.0 Å². The minimum absolute atomic E-state index is 0.0598. The van der Waals surface area contributed by atoms with E-state index in [9.17, 15) is 13.2 Å². The molecule has 4 rings (SSSR count). The first kappa shape index (κ1) is 16.3. The number of sulfonamides is 1. The third-order valence-electron chi connectivity index (χ3n) is 4.09. The van der Waals surface area contributed by atoms with Crippen LogP contribution in [0.4, 0.5) is 11.4 Å². The predicted octanol–water partition coefficient (Wildman–Crippen LogP) is 2.16. The van der Waals surface area contributed by atoms with Crippen LogP contribution in [0.25, 0.3) is 11.4 Å². The number of nitrogens with one attached hydrogen (secondary N) is 3. The highest BCUT2D eigenvalue weighted by atomic mass is 32.2. The molecule has 26 heavy (non-hydrogen) atoms. The van der Waals surface area contributed by atoms with Crippen molar-refractivity contribution in [3.63, 3.8) is 0 Å². The van der Waals surface area contributed by atoms with Gasteiger partial charge in [0, 0.05) is 23.4 Å². The molecule has 0 fully saturated rings. The molecule has 0 aliphatic carbocycles. The summed E-state index contributed by atoms with van der Waals surface area (Å²) < 4.78 is 28.0. The zero-order chi connectivity index (χ0) is 18.1. The number of anilines is 2. The Labute approximate surface area is 149 Å². The van der Waals surface area contributed by atoms with Gasteiger partial charge in [-0.25, -0.2) is 13.4 Å². The summed E-state index contributed by atoms with van der Waals surface area (Å²) in [4.78, 5) is 15.6. The van der Waals surface area contributed by atoms with E-state index in [-0.39, 0.29) is 10.8 Å². The van der Waals surface area contributed by atoms with Crippen molar-refractivity contribution in [3.8, 4) is 11.4 Å². The second-order valence-electron chi connectivity index (χ2n) is 5.89. The third kappa shape index (κ3) is 3.16. The van der Waals surface area contributed by atoms with E-state index in [1.54, 1.807) is 36.4 Å². The molecule has 1 aliphatic heterocycles. The lowest BCUT2D eigenvalue weighted by atomic mass is 10.0. The van der Waals surface area contributed by atoms with Crippen LogP contribution in [0.5, 0.6) is 0 Å². The van der Waals surface area contributed by atoms with E-state index in [1.807, 2.05) is 0 Å². The first-order valence-electron chi connectivity index (χ1n) is 7.93. The van der Waals surface area contributed by atoms with Crippen molar-refractivity contribution < 1.29 is 13.2 Å². The molecule has 0 unspecified atom stereocenters. The summed E-state index contributed by atoms with van der Waals surface area (Å²) in [7, 11) is -3.75. The van der Waals surface area contributed by atoms with E-state index >= 15 is 0 Å². The van der Waals surface area contributed by atoms with Gasteiger partial charge in [0.05, 0.1) is 4.90 Å². The van der Waals surface area contributed by atoms with Crippen LogP contribution in [-0.2, 0) is 21.2 Å². The molecule has 3 aromatic rings. The van der Waals surface area contributed by atoms with Crippen LogP contribution in [0.1, 0.15) is 12.0 Å². The highest BCUT2D eigenvalue weighted by Gasteiger charge is 2.20. The highest BCUT2D eigenvalue weighted by Crippen LogP contribution is 2.27. The Morgan fingerprint density at radius 1 is 1.08 bits per heavy atom. The summed E-state index contributed by atoms with van der Waals surface area (Å²) in [5.41, 5.74) is 2.61. The van der Waals surface area contributed by atoms with E-state index in [4.69, 9.17) is 0 Å². The van der Waals surface area contributed by atoms with Crippen molar-refractivity contribution in [3.05, 3.63) is 54.4 Å². The molecular formula is C17H15N5O3S. The van der Waals surface area contributed by atoms with Crippen LogP contribution in [-0.4, -0.2) is 29.5 Å². The molecule has 8 nitrogen and oxygen atoms in total. The number of hydrogen-bond acceptors (Lipinski definition) is 5. The maximum atomic E-state index is 12.7. The van der Waals surface area contributed by atoms with Crippen molar-refractivity contribution in [1.82, 2.24) is 15.2 Å². The van der Waals surface area contributed by atoms with Crippen LogP contribution in [0.2, 0.25) is 0 Å². The highest BCUT2D eigenvalue weighted by molar-refractivity contribution is 7.92. The van der Waals surface area contributed by atoms with E-state index in [2.05, 4.69) is 25.2 Å². The Bertz CT molecular complexity index is 1080. The van der Waals surface area contributed by atoms with Gasteiger partial charge in [0.1, 0.15) is 6.33 Å². The largest absolute Gasteiger partial charge is 0.326 e. The average Bonchev–Trinajstić information content (AvgIpc) is 3.16. The minimum atomic E-state index is -3.75. The number of aryl methyl sites for hydroxylation is 1. The molecule has 3 N–H and O–H groups in total. The maximum Gasteiger partial charge on any atom is 0.261 e. The van der Waals surface area contributed by atoms with Crippen LogP contribution in [0.3, 0.4) is 0 Å². The molecule has 0 saturated heterocycles. The van der Waals surface area contributed by atoms with Gasteiger partial charge in [-0.1, -0.05) is 12.1 Å². The molecular weight excluding hydrogens is 354 g/mol. The number of carbonyl (C=O) groups is 1. The van der Waals surface area contributed by atoms with E-state index in [0.717, 1.165) is 11.1 Å². The van der Waals surface area contributed by atoms with E-state index in [0.29, 0.717) is 30.0 Å². The standard InChI is InChI=1S/C17H15N5O3S/c23-16-7-4-11-9-14(5-6-15(11)20-16)26(24,25)22-13-3-1-2-12(8-13)17-18-10-19-21-17/h1-3,5-6,8-10,22H,4,7H2,(H,20,23)(H,18,19,21). The van der Waals surface area contributed by atoms with Crippen LogP contribution >= 0.6 is 0 Å². The Balaban J connectivity index is 1.62. The Morgan fingerprint density at radius 2 is 1.96 bits per heavy atom. The normalized spacial score (nSPS) is 13.8. The summed E-state index contributed by atoms with van der Waals surface area (Å²) in [6.07, 6.45) is 2.26. The van der Waals surface area contributed by atoms with E-state index in [1.165, 1.54) is 12.4 Å². The topological polar surface area (TPSA) is 117 Å². The van der Waals surface area contributed by atoms with Crippen LogP contribution in [0, 0.1) is 0 Å². The molecule has 0 radical (unpaired) electrons. The van der Waals surface area contributed by atoms with Crippen LogP contribution in [0.15, 0.2) is 53.7 Å². The number of fused-ring (bicyclic) bond motifs is 1. The number of amides is 1. The van der Waals surface area contributed by atoms with Crippen molar-refractivity contribution in [2.24, 2.45) is 0 Å². The van der Waals surface area contributed by atoms with Gasteiger partial charge in [0.25, 0.3) is 10.0 Å². The lowest BCUT2D eigenvalue weighted by Crippen LogP contribution is -2.20. The average molecular weight is 369 g/mol. The predicted molar refractivity (Wildman–Crippen MR) is 96.0 cm³/mol. The lowest BCUT2D eigenvalue weighted by Gasteiger charge is -2.18. The monoisotopic (exact) mass is 369 g/mol. The Kier molecular flexibility index (Phi) is 3.92. The molecule has 0 saturated carbocycles. The number of carbonyl (C=O) groups excluding carboxylic acids is 1. The number of nitrogens with zero attached hydrogens (tertiary/aromatic N) is 2. The zero-order valence-electron chi connectivity index (χ0n) is 13.6. The van der Waals surface area contributed by atoms with Gasteiger partial charge >= 0.3 is 0 Å². The fraction of sp³-hybridized carbons (Fsp3) is 0.118. The molecule has 1 aliphatic rings. The molecule has 1 amide bonds. The van der Waals surface area contributed by atoms with Crippen molar-refractivity contribution in [2.45, 2.75) is 17.7 Å². The molecule has 0 bridgehead atoms. The zero-order valence-corrected chi connectivity index (χ0v) is 14.4. The molecule has 9 heteroatoms. The van der Waals surface area contributed by atoms with Crippen molar-refractivity contribution >= 4 is 27.3 Å². The summed E-state index contributed by atoms with van der Waals surface area (Å²) in [5, 5.41) is 9.27. The molecule has 1 aromatic heterocycles. The first-order chi connectivity index (χ1) is 12.5. The second-order valence-corrected chi connectivity index (χ2v) is 7.57. The molecule has 0 spiro atoms. The van der Waals surface area contributed by atoms with Crippen LogP contribution < -0.4 is 10.0 Å². The summed E-state index contributed by atoms with van der Waals surface area (Å²) in [6, 6.07) is 11.6. The van der Waals surface area contributed by atoms with Gasteiger partial charge in [-0.05, 0) is 42.3 Å². The van der Waals surface area contributed by atoms with Gasteiger partial charge in [-0.3, -0.25) is 14.6 Å². The lowest BCUT2D eigenvalue weighted by molar-refractivity contribution is -0.116. The number of benzene rings is 2. The Morgan fingerprint density at radius 3 is 2.77 bits per heavy atom. The summed E-state index contributed by atoms with van der Waals surface area (Å²) in [5.74, 6) is 0.492. The van der Waals surface area contributed by atoms with Gasteiger partial charge < -0.3 is 5.32 Å². The minimum Gasteiger partial charge on any atom is -0.326 e. The number of rotatable bonds is 4. The smallest absolute Gasteiger partial charge is 0.261 e. The van der Waals surface area contributed by atoms with Gasteiger partial charge in [-0.2, -0.15) is 5.10 Å². The van der Waals surface area contributed by atoms with Gasteiger partial charge in [0.15, 0.2) is 5.82 Å². The second kappa shape index (κ2) is 6.26. The molecule has 2 aromatic carbocycles. The van der Waals surface area contributed by atoms with Crippen molar-refractivity contribution in [1.29, 1.82) is 0 Å². The van der Waals surface area contributed by atoms with Gasteiger partial charge in [-0.15, -0.1) is 0 Å². The number of H-pyrrole nitrogens is 1. The summed E-state index contributed by atoms with van der Waals surface area (Å²) >= 11 is 0. The molecule has 2 heterocycles. The maximum absolute atomic E-state index is 12.7. The third-order valence-corrected chi connectivity index (χ3v) is 5.46. The molecule has 132 valence electrons. The first-order valence-corrected chi connectivity index (χ1v) is 9.41. The van der Waals surface area contributed by atoms with Gasteiger partial charge in [0.2, 0.25) is 5.91 Å². The Hall–Kier alpha value is -3.20. The fourth-order valence-electron chi connectivity index (χ4n) is 2.82. The number of hydrogen-bond donors (Lipinski definition) is 3. The SMILES string of the molecule is O=C1CCc2cc(S(=O)(=O)Nc3cccc(-c4ncn[nH]4)c3)ccc2N1. The fourth-order valence-corrected chi connectivity index (χ4v) is 3.92. The molecule has 0 atom stereocenters.